The highest BCUT2D eigenvalue weighted by Gasteiger charge is 2.16. The Kier molecular flexibility index (Phi) is 10.7. The lowest BCUT2D eigenvalue weighted by Crippen LogP contribution is -2.13. The first-order chi connectivity index (χ1) is 21.0. The lowest BCUT2D eigenvalue weighted by molar-refractivity contribution is -0.112. The highest BCUT2D eigenvalue weighted by molar-refractivity contribution is 6.09. The van der Waals surface area contributed by atoms with Gasteiger partial charge in [-0.3, -0.25) is 4.79 Å². The Morgan fingerprint density at radius 1 is 0.884 bits per heavy atom. The Morgan fingerprint density at radius 2 is 1.63 bits per heavy atom. The van der Waals surface area contributed by atoms with Crippen LogP contribution in [-0.2, 0) is 24.4 Å². The van der Waals surface area contributed by atoms with E-state index in [0.717, 1.165) is 16.7 Å². The van der Waals surface area contributed by atoms with Crippen LogP contribution in [0.3, 0.4) is 0 Å². The zero-order valence-electron chi connectivity index (χ0n) is 23.9. The van der Waals surface area contributed by atoms with Gasteiger partial charge in [-0.05, 0) is 73.0 Å². The highest BCUT2D eigenvalue weighted by atomic mass is 16.5. The number of ether oxygens (including phenoxy) is 3. The van der Waals surface area contributed by atoms with Gasteiger partial charge in [0.15, 0.2) is 11.5 Å². The fraction of sp³-hybridized carbons (Fsp3) is 0.139. The van der Waals surface area contributed by atoms with Crippen LogP contribution in [0.1, 0.15) is 34.7 Å². The van der Waals surface area contributed by atoms with Crippen LogP contribution in [0.15, 0.2) is 109 Å². The molecule has 4 aromatic carbocycles. The molecule has 1 N–H and O–H groups in total. The number of hydrogen-bond donors (Lipinski definition) is 1. The van der Waals surface area contributed by atoms with Crippen LogP contribution in [0.5, 0.6) is 17.2 Å². The number of rotatable bonds is 13. The normalized spacial score (nSPS) is 10.6. The van der Waals surface area contributed by atoms with Gasteiger partial charge in [0.25, 0.3) is 5.91 Å². The Balaban J connectivity index is 1.51. The molecule has 0 heterocycles. The summed E-state index contributed by atoms with van der Waals surface area (Å²) in [5.74, 6) is 1.10. The second-order valence-electron chi connectivity index (χ2n) is 9.41. The summed E-state index contributed by atoms with van der Waals surface area (Å²) in [5.41, 5.74) is 4.16. The van der Waals surface area contributed by atoms with Crippen LogP contribution in [0, 0.1) is 22.7 Å². The maximum Gasteiger partial charge on any atom is 0.266 e. The van der Waals surface area contributed by atoms with E-state index >= 15 is 0 Å². The molecule has 0 saturated heterocycles. The molecule has 0 aliphatic heterocycles. The summed E-state index contributed by atoms with van der Waals surface area (Å²) in [5, 5.41) is 22.0. The van der Waals surface area contributed by atoms with Crippen molar-refractivity contribution in [1.82, 2.24) is 0 Å². The average molecular weight is 570 g/mol. The third-order valence-electron chi connectivity index (χ3n) is 6.36. The standard InChI is InChI=1S/C36H31N3O4/c1-3-10-28-19-27(21-34(41-4-2)35(28)43-25-30-14-9-8-13-29(30)22-37)20-31(23-38)36(40)39-32-15-17-33(18-16-32)42-24-26-11-6-5-7-12-26/h3,5-9,11-21H,1,4,10,24-25H2,2H3,(H,39,40)/b31-20+. The van der Waals surface area contributed by atoms with Gasteiger partial charge in [-0.1, -0.05) is 54.6 Å². The topological polar surface area (TPSA) is 104 Å². The van der Waals surface area contributed by atoms with Gasteiger partial charge < -0.3 is 19.5 Å². The molecule has 4 rings (SSSR count). The Hall–Kier alpha value is -5.79. The van der Waals surface area contributed by atoms with Crippen LogP contribution in [0.2, 0.25) is 0 Å². The number of amides is 1. The molecule has 43 heavy (non-hydrogen) atoms. The second-order valence-corrected chi connectivity index (χ2v) is 9.41. The zero-order valence-corrected chi connectivity index (χ0v) is 23.9. The molecule has 0 saturated carbocycles. The van der Waals surface area contributed by atoms with Crippen molar-refractivity contribution in [2.75, 3.05) is 11.9 Å². The molecule has 0 unspecified atom stereocenters. The first kappa shape index (κ1) is 30.2. The monoisotopic (exact) mass is 569 g/mol. The summed E-state index contributed by atoms with van der Waals surface area (Å²) in [6, 6.07) is 31.8. The first-order valence-corrected chi connectivity index (χ1v) is 13.8. The number of benzene rings is 4. The van der Waals surface area contributed by atoms with Crippen LogP contribution in [0.4, 0.5) is 5.69 Å². The third-order valence-corrected chi connectivity index (χ3v) is 6.36. The van der Waals surface area contributed by atoms with Crippen molar-refractivity contribution >= 4 is 17.7 Å². The quantitative estimate of drug-likeness (QED) is 0.102. The van der Waals surface area contributed by atoms with Crippen molar-refractivity contribution in [3.05, 3.63) is 137 Å². The van der Waals surface area contributed by atoms with Gasteiger partial charge in [0.1, 0.15) is 30.6 Å². The number of anilines is 1. The van der Waals surface area contributed by atoms with Crippen molar-refractivity contribution in [2.45, 2.75) is 26.6 Å². The first-order valence-electron chi connectivity index (χ1n) is 13.8. The zero-order chi connectivity index (χ0) is 30.4. The van der Waals surface area contributed by atoms with Gasteiger partial charge in [0.2, 0.25) is 0 Å². The highest BCUT2D eigenvalue weighted by Crippen LogP contribution is 2.35. The molecule has 1 amide bonds. The van der Waals surface area contributed by atoms with E-state index in [4.69, 9.17) is 14.2 Å². The van der Waals surface area contributed by atoms with Gasteiger partial charge in [0, 0.05) is 16.8 Å². The molecule has 0 spiro atoms. The predicted molar refractivity (Wildman–Crippen MR) is 166 cm³/mol. The minimum Gasteiger partial charge on any atom is -0.490 e. The van der Waals surface area contributed by atoms with E-state index in [0.29, 0.717) is 53.7 Å². The summed E-state index contributed by atoms with van der Waals surface area (Å²) in [4.78, 5) is 13.0. The Labute approximate surface area is 251 Å². The van der Waals surface area contributed by atoms with E-state index < -0.39 is 5.91 Å². The summed E-state index contributed by atoms with van der Waals surface area (Å²) in [6.45, 7) is 6.69. The van der Waals surface area contributed by atoms with E-state index in [9.17, 15) is 15.3 Å². The Bertz CT molecular complexity index is 1680. The molecule has 7 nitrogen and oxygen atoms in total. The van der Waals surface area contributed by atoms with E-state index in [1.54, 1.807) is 48.5 Å². The minimum atomic E-state index is -0.544. The second kappa shape index (κ2) is 15.3. The number of carbonyl (C=O) groups is 1. The van der Waals surface area contributed by atoms with E-state index in [2.05, 4.69) is 18.0 Å². The molecule has 0 aliphatic carbocycles. The van der Waals surface area contributed by atoms with Gasteiger partial charge in [-0.15, -0.1) is 6.58 Å². The van der Waals surface area contributed by atoms with Gasteiger partial charge in [-0.2, -0.15) is 10.5 Å². The molecule has 0 atom stereocenters. The van der Waals surface area contributed by atoms with Crippen molar-refractivity contribution in [3.8, 4) is 29.4 Å². The number of nitrogens with one attached hydrogen (secondary N) is 1. The molecule has 7 heteroatoms. The molecule has 4 aromatic rings. The molecule has 0 radical (unpaired) electrons. The number of allylic oxidation sites excluding steroid dienone is 1. The molecule has 0 fully saturated rings. The SMILES string of the molecule is C=CCc1cc(/C=C(\C#N)C(=O)Nc2ccc(OCc3ccccc3)cc2)cc(OCC)c1OCc1ccccc1C#N. The third kappa shape index (κ3) is 8.36. The summed E-state index contributed by atoms with van der Waals surface area (Å²) in [7, 11) is 0. The lowest BCUT2D eigenvalue weighted by atomic mass is 10.0. The van der Waals surface area contributed by atoms with Crippen molar-refractivity contribution in [2.24, 2.45) is 0 Å². The van der Waals surface area contributed by atoms with E-state index in [1.165, 1.54) is 6.08 Å². The molecule has 214 valence electrons. The maximum atomic E-state index is 13.0. The van der Waals surface area contributed by atoms with Gasteiger partial charge in [0.05, 0.1) is 18.2 Å². The predicted octanol–water partition coefficient (Wildman–Crippen LogP) is 7.39. The van der Waals surface area contributed by atoms with Crippen LogP contribution >= 0.6 is 0 Å². The van der Waals surface area contributed by atoms with Crippen molar-refractivity contribution in [1.29, 1.82) is 10.5 Å². The summed E-state index contributed by atoms with van der Waals surface area (Å²) < 4.78 is 17.9. The van der Waals surface area contributed by atoms with Crippen LogP contribution in [0.25, 0.3) is 6.08 Å². The number of carbonyl (C=O) groups excluding carboxylic acids is 1. The maximum absolute atomic E-state index is 13.0. The summed E-state index contributed by atoms with van der Waals surface area (Å²) in [6.07, 6.45) is 3.71. The van der Waals surface area contributed by atoms with Crippen LogP contribution in [-0.4, -0.2) is 12.5 Å². The van der Waals surface area contributed by atoms with Crippen molar-refractivity contribution < 1.29 is 19.0 Å². The largest absolute Gasteiger partial charge is 0.490 e. The van der Waals surface area contributed by atoms with E-state index in [-0.39, 0.29) is 12.2 Å². The number of nitrogens with zero attached hydrogens (tertiary/aromatic N) is 2. The molecular formula is C36H31N3O4. The van der Waals surface area contributed by atoms with Gasteiger partial charge in [-0.25, -0.2) is 0 Å². The van der Waals surface area contributed by atoms with E-state index in [1.807, 2.05) is 61.5 Å². The van der Waals surface area contributed by atoms with Crippen molar-refractivity contribution in [3.63, 3.8) is 0 Å². The fourth-order valence-corrected chi connectivity index (χ4v) is 4.29. The molecular weight excluding hydrogens is 538 g/mol. The minimum absolute atomic E-state index is 0.0759. The smallest absolute Gasteiger partial charge is 0.266 e. The van der Waals surface area contributed by atoms with Gasteiger partial charge >= 0.3 is 0 Å². The number of hydrogen-bond acceptors (Lipinski definition) is 6. The Morgan fingerprint density at radius 3 is 2.33 bits per heavy atom. The molecule has 0 aromatic heterocycles. The average Bonchev–Trinajstić information content (AvgIpc) is 3.03. The van der Waals surface area contributed by atoms with Crippen LogP contribution < -0.4 is 19.5 Å². The summed E-state index contributed by atoms with van der Waals surface area (Å²) >= 11 is 0. The fourth-order valence-electron chi connectivity index (χ4n) is 4.29. The molecule has 0 bridgehead atoms. The molecule has 0 aliphatic rings. The lowest BCUT2D eigenvalue weighted by Gasteiger charge is -2.17. The number of nitriles is 2.